The number of para-hydroxylation sites is 1. The summed E-state index contributed by atoms with van der Waals surface area (Å²) in [5.41, 5.74) is 14.7. The maximum atomic E-state index is 6.22. The van der Waals surface area contributed by atoms with Gasteiger partial charge in [-0.15, -0.1) is 0 Å². The van der Waals surface area contributed by atoms with Crippen LogP contribution in [0.15, 0.2) is 174 Å². The van der Waals surface area contributed by atoms with Crippen molar-refractivity contribution in [3.05, 3.63) is 181 Å². The van der Waals surface area contributed by atoms with Gasteiger partial charge in [0, 0.05) is 16.2 Å². The highest BCUT2D eigenvalue weighted by molar-refractivity contribution is 6.22. The van der Waals surface area contributed by atoms with Gasteiger partial charge in [-0.2, -0.15) is 0 Å². The zero-order valence-electron chi connectivity index (χ0n) is 29.1. The Morgan fingerprint density at radius 2 is 0.885 bits per heavy atom. The van der Waals surface area contributed by atoms with Crippen LogP contribution in [0.2, 0.25) is 0 Å². The topological polar surface area (TPSA) is 13.1 Å². The predicted molar refractivity (Wildman–Crippen MR) is 220 cm³/mol. The van der Waals surface area contributed by atoms with Gasteiger partial charge >= 0.3 is 0 Å². The number of rotatable bonds is 3. The lowest BCUT2D eigenvalue weighted by atomic mass is 9.77. The van der Waals surface area contributed by atoms with Crippen molar-refractivity contribution >= 4 is 54.3 Å². The van der Waals surface area contributed by atoms with E-state index in [1.165, 1.54) is 88.0 Å². The third-order valence-electron chi connectivity index (χ3n) is 11.6. The fraction of sp³-hybridized carbons (Fsp3) is 0.0588. The van der Waals surface area contributed by atoms with Gasteiger partial charge in [-0.25, -0.2) is 0 Å². The number of hydrogen-bond acceptors (Lipinski definition) is 1. The Kier molecular flexibility index (Phi) is 6.08. The van der Waals surface area contributed by atoms with E-state index in [1.807, 2.05) is 12.1 Å². The van der Waals surface area contributed by atoms with Crippen molar-refractivity contribution in [1.29, 1.82) is 0 Å². The molecule has 0 amide bonds. The molecule has 1 nitrogen and oxygen atoms in total. The predicted octanol–water partition coefficient (Wildman–Crippen LogP) is 14.4. The monoisotopic (exact) mass is 662 g/mol. The molecule has 0 fully saturated rings. The molecule has 0 atom stereocenters. The minimum absolute atomic E-state index is 0.152. The summed E-state index contributed by atoms with van der Waals surface area (Å²) in [6.45, 7) is 4.81. The van der Waals surface area contributed by atoms with Crippen LogP contribution in [0.25, 0.3) is 98.8 Å². The van der Waals surface area contributed by atoms with Crippen molar-refractivity contribution in [2.75, 3.05) is 0 Å². The molecule has 0 radical (unpaired) electrons. The first-order valence-corrected chi connectivity index (χ1v) is 18.2. The fourth-order valence-electron chi connectivity index (χ4n) is 9.46. The van der Waals surface area contributed by atoms with E-state index in [1.54, 1.807) is 0 Å². The minimum atomic E-state index is -0.152. The summed E-state index contributed by atoms with van der Waals surface area (Å²) in [6, 6.07) is 62.4. The summed E-state index contributed by atoms with van der Waals surface area (Å²) in [5.74, 6) is 0. The van der Waals surface area contributed by atoms with Crippen molar-refractivity contribution in [2.45, 2.75) is 19.3 Å². The molecule has 9 aromatic carbocycles. The second-order valence-electron chi connectivity index (χ2n) is 14.8. The first kappa shape index (κ1) is 29.3. The molecule has 0 spiro atoms. The molecule has 0 unspecified atom stereocenters. The molecule has 10 aromatic rings. The summed E-state index contributed by atoms with van der Waals surface area (Å²) in [7, 11) is 0. The number of hydrogen-bond donors (Lipinski definition) is 0. The van der Waals surface area contributed by atoms with Gasteiger partial charge in [-0.05, 0) is 112 Å². The van der Waals surface area contributed by atoms with Gasteiger partial charge < -0.3 is 4.42 Å². The van der Waals surface area contributed by atoms with Crippen molar-refractivity contribution in [2.24, 2.45) is 0 Å². The quantitative estimate of drug-likeness (QED) is 0.172. The first-order valence-electron chi connectivity index (χ1n) is 18.2. The molecule has 244 valence electrons. The summed E-state index contributed by atoms with van der Waals surface area (Å²) in [6.07, 6.45) is 0. The van der Waals surface area contributed by atoms with Crippen LogP contribution in [-0.2, 0) is 5.41 Å². The summed E-state index contributed by atoms with van der Waals surface area (Å²) in [4.78, 5) is 0. The van der Waals surface area contributed by atoms with Crippen molar-refractivity contribution in [1.82, 2.24) is 0 Å². The number of furan rings is 1. The van der Waals surface area contributed by atoms with E-state index >= 15 is 0 Å². The van der Waals surface area contributed by atoms with E-state index in [0.29, 0.717) is 0 Å². The lowest BCUT2D eigenvalue weighted by Gasteiger charge is -2.26. The first-order chi connectivity index (χ1) is 25.6. The second-order valence-corrected chi connectivity index (χ2v) is 14.8. The Hall–Kier alpha value is -6.44. The van der Waals surface area contributed by atoms with Crippen LogP contribution in [-0.4, -0.2) is 0 Å². The van der Waals surface area contributed by atoms with Crippen LogP contribution in [0.5, 0.6) is 0 Å². The molecular weight excluding hydrogens is 629 g/mol. The average Bonchev–Trinajstić information content (AvgIpc) is 3.68. The molecule has 1 heteroatoms. The van der Waals surface area contributed by atoms with Gasteiger partial charge in [0.15, 0.2) is 0 Å². The van der Waals surface area contributed by atoms with Gasteiger partial charge in [0.05, 0.1) is 0 Å². The third kappa shape index (κ3) is 4.05. The maximum absolute atomic E-state index is 6.22. The molecule has 1 heterocycles. The van der Waals surface area contributed by atoms with Gasteiger partial charge in [-0.3, -0.25) is 0 Å². The smallest absolute Gasteiger partial charge is 0.135 e. The molecule has 0 aliphatic heterocycles. The molecule has 0 N–H and O–H groups in total. The van der Waals surface area contributed by atoms with E-state index in [4.69, 9.17) is 4.42 Å². The van der Waals surface area contributed by atoms with Crippen molar-refractivity contribution in [3.63, 3.8) is 0 Å². The Labute approximate surface area is 302 Å². The number of fused-ring (bicyclic) bond motifs is 10. The maximum Gasteiger partial charge on any atom is 0.135 e. The van der Waals surface area contributed by atoms with E-state index in [-0.39, 0.29) is 5.41 Å². The van der Waals surface area contributed by atoms with Crippen LogP contribution in [0, 0.1) is 0 Å². The zero-order valence-corrected chi connectivity index (χ0v) is 29.1. The van der Waals surface area contributed by atoms with E-state index in [0.717, 1.165) is 21.9 Å². The Balaban J connectivity index is 1.13. The van der Waals surface area contributed by atoms with Crippen LogP contribution in [0.3, 0.4) is 0 Å². The van der Waals surface area contributed by atoms with Crippen molar-refractivity contribution in [3.8, 4) is 44.5 Å². The highest BCUT2D eigenvalue weighted by atomic mass is 16.3. The van der Waals surface area contributed by atoms with E-state index in [9.17, 15) is 0 Å². The average molecular weight is 663 g/mol. The molecule has 1 aliphatic carbocycles. The SMILES string of the molecule is CC1(C)c2c(-c3cccc(-c4c5ccccc5c(-c5ccc6oc7ccccc7c6c5)c5ccccc45)c3)cccc2-c2ccc3ccccc3c21. The van der Waals surface area contributed by atoms with Crippen LogP contribution in [0.4, 0.5) is 0 Å². The van der Waals surface area contributed by atoms with E-state index < -0.39 is 0 Å². The third-order valence-corrected chi connectivity index (χ3v) is 11.6. The fourth-order valence-corrected chi connectivity index (χ4v) is 9.46. The zero-order chi connectivity index (χ0) is 34.6. The van der Waals surface area contributed by atoms with Gasteiger partial charge in [0.2, 0.25) is 0 Å². The largest absolute Gasteiger partial charge is 0.456 e. The van der Waals surface area contributed by atoms with Gasteiger partial charge in [-0.1, -0.05) is 159 Å². The summed E-state index contributed by atoms with van der Waals surface area (Å²) >= 11 is 0. The minimum Gasteiger partial charge on any atom is -0.456 e. The Morgan fingerprint density at radius 3 is 1.62 bits per heavy atom. The Morgan fingerprint density at radius 1 is 0.346 bits per heavy atom. The summed E-state index contributed by atoms with van der Waals surface area (Å²) in [5, 5.41) is 9.94. The normalized spacial score (nSPS) is 13.3. The molecule has 1 aliphatic rings. The molecule has 52 heavy (non-hydrogen) atoms. The molecule has 11 rings (SSSR count). The highest BCUT2D eigenvalue weighted by Gasteiger charge is 2.38. The summed E-state index contributed by atoms with van der Waals surface area (Å²) < 4.78 is 6.22. The molecule has 0 saturated heterocycles. The Bertz CT molecular complexity index is 3040. The second kappa shape index (κ2) is 10.8. The van der Waals surface area contributed by atoms with Crippen LogP contribution in [0.1, 0.15) is 25.0 Å². The number of benzene rings is 9. The lowest BCUT2D eigenvalue weighted by Crippen LogP contribution is -2.16. The van der Waals surface area contributed by atoms with Gasteiger partial charge in [0.25, 0.3) is 0 Å². The molecular formula is C51H34O. The van der Waals surface area contributed by atoms with E-state index in [2.05, 4.69) is 172 Å². The highest BCUT2D eigenvalue weighted by Crippen LogP contribution is 2.54. The standard InChI is InChI=1S/C51H34O/c1-51(2)49-35-16-4-3-13-31(35)25-27-43(49)42-23-12-22-36(50(42)51)32-14-11-15-33(29-32)47-38-18-5-7-20-40(38)48(41-21-8-6-19-39(41)47)34-26-28-46-44(30-34)37-17-9-10-24-45(37)52-46/h3-30H,1-2H3. The lowest BCUT2D eigenvalue weighted by molar-refractivity contribution is 0.668. The van der Waals surface area contributed by atoms with Crippen LogP contribution >= 0.6 is 0 Å². The van der Waals surface area contributed by atoms with Crippen molar-refractivity contribution < 1.29 is 4.42 Å². The van der Waals surface area contributed by atoms with Gasteiger partial charge in [0.1, 0.15) is 11.2 Å². The molecule has 0 saturated carbocycles. The van der Waals surface area contributed by atoms with Crippen LogP contribution < -0.4 is 0 Å². The molecule has 0 bridgehead atoms. The molecule has 1 aromatic heterocycles.